The van der Waals surface area contributed by atoms with Crippen molar-refractivity contribution >= 4 is 40.8 Å². The van der Waals surface area contributed by atoms with Crippen LogP contribution in [0.2, 0.25) is 15.1 Å². The lowest BCUT2D eigenvalue weighted by molar-refractivity contribution is -0.142. The van der Waals surface area contributed by atoms with Crippen LogP contribution in [0.25, 0.3) is 0 Å². The van der Waals surface area contributed by atoms with Crippen LogP contribution in [0.5, 0.6) is 0 Å². The van der Waals surface area contributed by atoms with Crippen molar-refractivity contribution in [2.45, 2.75) is 12.3 Å². The van der Waals surface area contributed by atoms with Crippen molar-refractivity contribution in [2.75, 3.05) is 7.11 Å². The Morgan fingerprint density at radius 2 is 1.81 bits per heavy atom. The van der Waals surface area contributed by atoms with E-state index in [4.69, 9.17) is 39.5 Å². The second-order valence-corrected chi connectivity index (χ2v) is 5.79. The fraction of sp³-hybridized carbons (Fsp3) is 0.188. The predicted octanol–water partition coefficient (Wildman–Crippen LogP) is 5.15. The maximum absolute atomic E-state index is 12.1. The first-order valence-corrected chi connectivity index (χ1v) is 7.42. The number of carbonyl (C=O) groups is 1. The highest BCUT2D eigenvalue weighted by atomic mass is 35.5. The fourth-order valence-electron chi connectivity index (χ4n) is 2.13. The number of carbonyl (C=O) groups excluding carboxylic acids is 1. The van der Waals surface area contributed by atoms with Crippen molar-refractivity contribution in [1.82, 2.24) is 0 Å². The third kappa shape index (κ3) is 3.91. The molecule has 0 aromatic heterocycles. The smallest absolute Gasteiger partial charge is 0.313 e. The highest BCUT2D eigenvalue weighted by Crippen LogP contribution is 2.31. The summed E-state index contributed by atoms with van der Waals surface area (Å²) in [7, 11) is 1.36. The number of esters is 1. The molecule has 2 aromatic carbocycles. The van der Waals surface area contributed by atoms with Gasteiger partial charge in [-0.05, 0) is 35.7 Å². The molecular weight excluding hydrogens is 331 g/mol. The lowest BCUT2D eigenvalue weighted by atomic mass is 9.92. The van der Waals surface area contributed by atoms with E-state index in [1.165, 1.54) is 7.11 Å². The highest BCUT2D eigenvalue weighted by Gasteiger charge is 2.24. The summed E-state index contributed by atoms with van der Waals surface area (Å²) in [4.78, 5) is 12.1. The average Bonchev–Trinajstić information content (AvgIpc) is 2.47. The first-order valence-electron chi connectivity index (χ1n) is 6.29. The van der Waals surface area contributed by atoms with Gasteiger partial charge in [0.05, 0.1) is 13.0 Å². The normalized spacial score (nSPS) is 12.0. The molecule has 0 heterocycles. The van der Waals surface area contributed by atoms with E-state index < -0.39 is 5.92 Å². The standard InChI is InChI=1S/C16H13Cl3O2/c1-21-16(20)13(12-4-2-3-5-14(12)18)8-10-6-7-11(17)9-15(10)19/h2-7,9,13H,8H2,1H3/t13-/m1/s1. The van der Waals surface area contributed by atoms with Crippen LogP contribution in [0.4, 0.5) is 0 Å². The quantitative estimate of drug-likeness (QED) is 0.718. The molecule has 0 aliphatic rings. The first-order chi connectivity index (χ1) is 10.0. The van der Waals surface area contributed by atoms with Gasteiger partial charge in [-0.3, -0.25) is 4.79 Å². The van der Waals surface area contributed by atoms with Crippen LogP contribution >= 0.6 is 34.8 Å². The minimum absolute atomic E-state index is 0.353. The maximum Gasteiger partial charge on any atom is 0.313 e. The van der Waals surface area contributed by atoms with Crippen LogP contribution in [0.15, 0.2) is 42.5 Å². The maximum atomic E-state index is 12.1. The average molecular weight is 344 g/mol. The number of ether oxygens (including phenoxy) is 1. The molecule has 0 radical (unpaired) electrons. The Kier molecular flexibility index (Phi) is 5.51. The van der Waals surface area contributed by atoms with E-state index in [0.717, 1.165) is 11.1 Å². The van der Waals surface area contributed by atoms with E-state index in [0.29, 0.717) is 21.5 Å². The van der Waals surface area contributed by atoms with Gasteiger partial charge in [0.15, 0.2) is 0 Å². The molecule has 0 aliphatic carbocycles. The Hall–Kier alpha value is -1.22. The van der Waals surface area contributed by atoms with Crippen molar-refractivity contribution in [3.8, 4) is 0 Å². The summed E-state index contributed by atoms with van der Waals surface area (Å²) in [6.07, 6.45) is 0.395. The summed E-state index contributed by atoms with van der Waals surface area (Å²) in [6.45, 7) is 0. The van der Waals surface area contributed by atoms with Gasteiger partial charge in [0.2, 0.25) is 0 Å². The molecule has 2 aromatic rings. The third-order valence-electron chi connectivity index (χ3n) is 3.21. The van der Waals surface area contributed by atoms with E-state index in [2.05, 4.69) is 0 Å². The second kappa shape index (κ2) is 7.17. The summed E-state index contributed by atoms with van der Waals surface area (Å²) in [5.74, 6) is -0.864. The molecule has 0 amide bonds. The zero-order valence-electron chi connectivity index (χ0n) is 11.3. The molecule has 1 atom stereocenters. The SMILES string of the molecule is COC(=O)[C@H](Cc1ccc(Cl)cc1Cl)c1ccccc1Cl. The van der Waals surface area contributed by atoms with Crippen LogP contribution in [-0.4, -0.2) is 13.1 Å². The zero-order chi connectivity index (χ0) is 15.4. The van der Waals surface area contributed by atoms with E-state index in [-0.39, 0.29) is 5.97 Å². The van der Waals surface area contributed by atoms with E-state index >= 15 is 0 Å². The Morgan fingerprint density at radius 1 is 1.10 bits per heavy atom. The summed E-state index contributed by atoms with van der Waals surface area (Å²) in [6, 6.07) is 12.4. The Morgan fingerprint density at radius 3 is 2.43 bits per heavy atom. The zero-order valence-corrected chi connectivity index (χ0v) is 13.5. The lowest BCUT2D eigenvalue weighted by Gasteiger charge is -2.17. The monoisotopic (exact) mass is 342 g/mol. The Labute approximate surface area is 138 Å². The lowest BCUT2D eigenvalue weighted by Crippen LogP contribution is -2.17. The third-order valence-corrected chi connectivity index (χ3v) is 4.14. The molecule has 0 aliphatic heterocycles. The number of hydrogen-bond acceptors (Lipinski definition) is 2. The van der Waals surface area contributed by atoms with E-state index in [9.17, 15) is 4.79 Å². The molecule has 0 fully saturated rings. The summed E-state index contributed by atoms with van der Waals surface area (Å²) >= 11 is 18.3. The van der Waals surface area contributed by atoms with E-state index in [1.807, 2.05) is 18.2 Å². The molecule has 5 heteroatoms. The van der Waals surface area contributed by atoms with Gasteiger partial charge < -0.3 is 4.74 Å². The fourth-order valence-corrected chi connectivity index (χ4v) is 2.88. The van der Waals surface area contributed by atoms with Crippen LogP contribution in [0.1, 0.15) is 17.0 Å². The van der Waals surface area contributed by atoms with Crippen molar-refractivity contribution < 1.29 is 9.53 Å². The largest absolute Gasteiger partial charge is 0.469 e. The molecular formula is C16H13Cl3O2. The van der Waals surface area contributed by atoms with Crippen LogP contribution in [0.3, 0.4) is 0 Å². The van der Waals surface area contributed by atoms with Gasteiger partial charge in [-0.2, -0.15) is 0 Å². The van der Waals surface area contributed by atoms with Gasteiger partial charge in [-0.15, -0.1) is 0 Å². The number of rotatable bonds is 4. The molecule has 0 bridgehead atoms. The molecule has 110 valence electrons. The molecule has 0 N–H and O–H groups in total. The van der Waals surface area contributed by atoms with Crippen molar-refractivity contribution in [1.29, 1.82) is 0 Å². The highest BCUT2D eigenvalue weighted by molar-refractivity contribution is 6.35. The topological polar surface area (TPSA) is 26.3 Å². The molecule has 0 saturated carbocycles. The molecule has 0 unspecified atom stereocenters. The molecule has 21 heavy (non-hydrogen) atoms. The summed E-state index contributed by atoms with van der Waals surface area (Å²) in [5, 5.41) is 1.59. The van der Waals surface area contributed by atoms with Gasteiger partial charge in [0.25, 0.3) is 0 Å². The number of benzene rings is 2. The number of methoxy groups -OCH3 is 1. The summed E-state index contributed by atoms with van der Waals surface area (Å²) in [5.41, 5.74) is 1.54. The Bertz CT molecular complexity index is 656. The van der Waals surface area contributed by atoms with Gasteiger partial charge >= 0.3 is 5.97 Å². The molecule has 2 nitrogen and oxygen atoms in total. The van der Waals surface area contributed by atoms with Gasteiger partial charge in [0.1, 0.15) is 0 Å². The van der Waals surface area contributed by atoms with Crippen molar-refractivity contribution in [3.05, 3.63) is 68.7 Å². The predicted molar refractivity (Wildman–Crippen MR) is 86.4 cm³/mol. The Balaban J connectivity index is 2.38. The minimum atomic E-state index is -0.512. The number of hydrogen-bond donors (Lipinski definition) is 0. The summed E-state index contributed by atoms with van der Waals surface area (Å²) < 4.78 is 4.89. The minimum Gasteiger partial charge on any atom is -0.469 e. The molecule has 0 saturated heterocycles. The van der Waals surface area contributed by atoms with Crippen LogP contribution in [-0.2, 0) is 16.0 Å². The molecule has 2 rings (SSSR count). The van der Waals surface area contributed by atoms with Crippen LogP contribution in [0, 0.1) is 0 Å². The van der Waals surface area contributed by atoms with Gasteiger partial charge in [-0.25, -0.2) is 0 Å². The van der Waals surface area contributed by atoms with E-state index in [1.54, 1.807) is 24.3 Å². The van der Waals surface area contributed by atoms with Gasteiger partial charge in [-0.1, -0.05) is 59.1 Å². The van der Waals surface area contributed by atoms with Crippen LogP contribution < -0.4 is 0 Å². The molecule has 0 spiro atoms. The number of halogens is 3. The van der Waals surface area contributed by atoms with Crippen molar-refractivity contribution in [3.63, 3.8) is 0 Å². The first kappa shape index (κ1) is 16.2. The van der Waals surface area contributed by atoms with Crippen molar-refractivity contribution in [2.24, 2.45) is 0 Å². The van der Waals surface area contributed by atoms with Gasteiger partial charge in [0, 0.05) is 15.1 Å². The second-order valence-electron chi connectivity index (χ2n) is 4.54.